The van der Waals surface area contributed by atoms with Crippen LogP contribution in [-0.4, -0.2) is 53.7 Å². The number of halogens is 2. The predicted molar refractivity (Wildman–Crippen MR) is 229 cm³/mol. The van der Waals surface area contributed by atoms with Gasteiger partial charge in [0.05, 0.1) is 48.8 Å². The standard InChI is InChI=1S/C49H39ClFN3O8/c1-61-40-24-27(25-41(62-2)44(40)56)8-23-38-35-21-22-36-42(47(59)53(45(36)57)34-19-9-29(10-20-34)43(55)28-6-4-3-5-7-28)37(35)26-39-46(58)54(52-33-17-15-32(51)16-18-33)48(60)49(38,39)30-11-13-31(50)14-12-30/h3-21,23-25,36-39,42,52,56H,22,26H2,1-2H3. The number of nitrogens with zero attached hydrogens (tertiary/aromatic N) is 2. The minimum Gasteiger partial charge on any atom is -0.502 e. The molecule has 5 aromatic carbocycles. The number of aromatic hydroxyl groups is 1. The van der Waals surface area contributed by atoms with Crippen molar-refractivity contribution in [3.05, 3.63) is 166 Å². The number of allylic oxidation sites excluding steroid dienone is 3. The van der Waals surface area contributed by atoms with Crippen LogP contribution in [0.15, 0.2) is 133 Å². The van der Waals surface area contributed by atoms with Crippen molar-refractivity contribution in [2.45, 2.75) is 18.3 Å². The third kappa shape index (κ3) is 6.44. The zero-order chi connectivity index (χ0) is 43.4. The van der Waals surface area contributed by atoms with Crippen LogP contribution < -0.4 is 19.8 Å². The Hall–Kier alpha value is -7.05. The molecule has 2 N–H and O–H groups in total. The van der Waals surface area contributed by atoms with Gasteiger partial charge in [0.15, 0.2) is 17.3 Å². The number of nitrogens with one attached hydrogen (secondary N) is 1. The molecule has 312 valence electrons. The fourth-order valence-electron chi connectivity index (χ4n) is 9.89. The summed E-state index contributed by atoms with van der Waals surface area (Å²) < 4.78 is 24.8. The molecule has 0 bridgehead atoms. The number of phenolic OH excluding ortho intramolecular Hbond substituents is 1. The summed E-state index contributed by atoms with van der Waals surface area (Å²) in [6.07, 6.45) is 5.73. The topological polar surface area (TPSA) is 143 Å². The summed E-state index contributed by atoms with van der Waals surface area (Å²) in [5.74, 6) is -6.77. The lowest BCUT2D eigenvalue weighted by Crippen LogP contribution is -2.54. The van der Waals surface area contributed by atoms with Crippen LogP contribution in [0.2, 0.25) is 5.02 Å². The van der Waals surface area contributed by atoms with Crippen LogP contribution in [0.25, 0.3) is 6.08 Å². The van der Waals surface area contributed by atoms with Gasteiger partial charge < -0.3 is 14.6 Å². The Morgan fingerprint density at radius 3 is 2.11 bits per heavy atom. The number of fused-ring (bicyclic) bond motifs is 4. The molecule has 11 nitrogen and oxygen atoms in total. The maximum absolute atomic E-state index is 15.4. The molecule has 0 spiro atoms. The maximum atomic E-state index is 15.4. The first kappa shape index (κ1) is 40.4. The van der Waals surface area contributed by atoms with E-state index in [2.05, 4.69) is 5.43 Å². The van der Waals surface area contributed by atoms with E-state index in [1.165, 1.54) is 43.4 Å². The Morgan fingerprint density at radius 1 is 0.823 bits per heavy atom. The second-order valence-corrected chi connectivity index (χ2v) is 16.2. The lowest BCUT2D eigenvalue weighted by atomic mass is 9.50. The van der Waals surface area contributed by atoms with Gasteiger partial charge in [-0.25, -0.2) is 4.39 Å². The normalized spacial score (nSPS) is 24.1. The number of imide groups is 2. The van der Waals surface area contributed by atoms with Crippen molar-refractivity contribution in [2.75, 3.05) is 24.5 Å². The molecule has 6 unspecified atom stereocenters. The van der Waals surface area contributed by atoms with Gasteiger partial charge in [0.2, 0.25) is 17.6 Å². The average molecular weight is 852 g/mol. The van der Waals surface area contributed by atoms with E-state index in [-0.39, 0.29) is 35.9 Å². The number of hydrazine groups is 1. The summed E-state index contributed by atoms with van der Waals surface area (Å²) in [6, 6.07) is 30.4. The second-order valence-electron chi connectivity index (χ2n) is 15.8. The van der Waals surface area contributed by atoms with Gasteiger partial charge in [-0.15, -0.1) is 0 Å². The molecule has 1 saturated carbocycles. The SMILES string of the molecule is COc1cc(C=CC2C3=CCC4C(=O)N(c5ccc(C(=O)c6ccccc6)cc5)C(=O)C4C3CC3C(=O)N(Nc4ccc(F)cc4)C(=O)C23c2ccc(Cl)cc2)cc(OC)c1O. The highest BCUT2D eigenvalue weighted by Gasteiger charge is 2.69. The summed E-state index contributed by atoms with van der Waals surface area (Å²) in [5, 5.41) is 12.1. The van der Waals surface area contributed by atoms with Crippen LogP contribution in [-0.2, 0) is 24.6 Å². The van der Waals surface area contributed by atoms with Crippen LogP contribution in [0.5, 0.6) is 17.2 Å². The molecule has 6 atom stereocenters. The minimum absolute atomic E-state index is 0.0460. The number of ketones is 1. The van der Waals surface area contributed by atoms with E-state index in [0.717, 1.165) is 5.01 Å². The minimum atomic E-state index is -1.59. The van der Waals surface area contributed by atoms with Crippen molar-refractivity contribution < 1.29 is 42.9 Å². The first-order chi connectivity index (χ1) is 30.0. The molecule has 9 rings (SSSR count). The highest BCUT2D eigenvalue weighted by Crippen LogP contribution is 2.62. The number of hydrogen-bond donors (Lipinski definition) is 2. The predicted octanol–water partition coefficient (Wildman–Crippen LogP) is 8.17. The summed E-state index contributed by atoms with van der Waals surface area (Å²) in [5.41, 5.74) is 4.63. The zero-order valence-electron chi connectivity index (χ0n) is 33.5. The second kappa shape index (κ2) is 15.8. The zero-order valence-corrected chi connectivity index (χ0v) is 34.2. The molecule has 62 heavy (non-hydrogen) atoms. The van der Waals surface area contributed by atoms with Crippen molar-refractivity contribution in [3.63, 3.8) is 0 Å². The van der Waals surface area contributed by atoms with E-state index in [1.807, 2.05) is 18.2 Å². The number of carbonyl (C=O) groups excluding carboxylic acids is 5. The van der Waals surface area contributed by atoms with Crippen molar-refractivity contribution in [2.24, 2.45) is 29.6 Å². The van der Waals surface area contributed by atoms with Crippen molar-refractivity contribution in [3.8, 4) is 17.2 Å². The molecule has 13 heteroatoms. The number of anilines is 2. The van der Waals surface area contributed by atoms with Crippen LogP contribution in [0, 0.1) is 35.4 Å². The van der Waals surface area contributed by atoms with Gasteiger partial charge in [0.1, 0.15) is 5.82 Å². The number of phenols is 1. The van der Waals surface area contributed by atoms with Gasteiger partial charge in [-0.2, -0.15) is 5.01 Å². The van der Waals surface area contributed by atoms with Gasteiger partial charge >= 0.3 is 0 Å². The molecule has 2 heterocycles. The molecular formula is C49H39ClFN3O8. The monoisotopic (exact) mass is 851 g/mol. The molecule has 2 aliphatic heterocycles. The van der Waals surface area contributed by atoms with Crippen molar-refractivity contribution >= 4 is 58.5 Å². The average Bonchev–Trinajstić information content (AvgIpc) is 3.67. The van der Waals surface area contributed by atoms with Gasteiger partial charge in [-0.3, -0.25) is 34.3 Å². The fourth-order valence-corrected chi connectivity index (χ4v) is 10.0. The Balaban J connectivity index is 1.16. The highest BCUT2D eigenvalue weighted by atomic mass is 35.5. The maximum Gasteiger partial charge on any atom is 0.260 e. The number of benzene rings is 5. The van der Waals surface area contributed by atoms with Crippen molar-refractivity contribution in [1.82, 2.24) is 5.01 Å². The lowest BCUT2D eigenvalue weighted by Gasteiger charge is -2.49. The van der Waals surface area contributed by atoms with E-state index in [4.69, 9.17) is 21.1 Å². The van der Waals surface area contributed by atoms with Gasteiger partial charge in [-0.05, 0) is 103 Å². The first-order valence-corrected chi connectivity index (χ1v) is 20.4. The molecule has 2 aliphatic carbocycles. The van der Waals surface area contributed by atoms with Crippen molar-refractivity contribution in [1.29, 1.82) is 0 Å². The van der Waals surface area contributed by atoms with E-state index < -0.39 is 64.5 Å². The summed E-state index contributed by atoms with van der Waals surface area (Å²) >= 11 is 6.40. The van der Waals surface area contributed by atoms with E-state index in [9.17, 15) is 28.7 Å². The van der Waals surface area contributed by atoms with Crippen LogP contribution >= 0.6 is 11.6 Å². The van der Waals surface area contributed by atoms with Crippen LogP contribution in [0.1, 0.15) is 39.9 Å². The Morgan fingerprint density at radius 2 is 1.47 bits per heavy atom. The third-order valence-corrected chi connectivity index (χ3v) is 13.0. The number of methoxy groups -OCH3 is 2. The number of carbonyl (C=O) groups is 5. The summed E-state index contributed by atoms with van der Waals surface area (Å²) in [7, 11) is 2.81. The number of ether oxygens (including phenoxy) is 2. The van der Waals surface area contributed by atoms with Crippen LogP contribution in [0.3, 0.4) is 0 Å². The molecule has 3 fully saturated rings. The summed E-state index contributed by atoms with van der Waals surface area (Å²) in [4.78, 5) is 73.8. The molecule has 0 aromatic heterocycles. The number of rotatable bonds is 10. The number of amides is 4. The summed E-state index contributed by atoms with van der Waals surface area (Å²) in [6.45, 7) is 0. The molecule has 4 amide bonds. The number of hydrogen-bond acceptors (Lipinski definition) is 9. The molecule has 0 radical (unpaired) electrons. The quantitative estimate of drug-likeness (QED) is 0.0809. The van der Waals surface area contributed by atoms with E-state index >= 15 is 4.79 Å². The van der Waals surface area contributed by atoms with Crippen LogP contribution in [0.4, 0.5) is 15.8 Å². The Bertz CT molecular complexity index is 2680. The smallest absolute Gasteiger partial charge is 0.260 e. The molecule has 5 aromatic rings. The van der Waals surface area contributed by atoms with E-state index in [0.29, 0.717) is 44.2 Å². The molecular weight excluding hydrogens is 813 g/mol. The van der Waals surface area contributed by atoms with E-state index in [1.54, 1.807) is 91.0 Å². The highest BCUT2D eigenvalue weighted by molar-refractivity contribution is 6.30. The lowest BCUT2D eigenvalue weighted by molar-refractivity contribution is -0.139. The third-order valence-electron chi connectivity index (χ3n) is 12.7. The van der Waals surface area contributed by atoms with Gasteiger partial charge in [0.25, 0.3) is 11.8 Å². The Labute approximate surface area is 361 Å². The Kier molecular flexibility index (Phi) is 10.3. The largest absolute Gasteiger partial charge is 0.502 e. The molecule has 4 aliphatic rings. The van der Waals surface area contributed by atoms with Gasteiger partial charge in [-0.1, -0.05) is 77.9 Å². The fraction of sp³-hybridized carbons (Fsp3) is 0.204. The molecule has 2 saturated heterocycles. The van der Waals surface area contributed by atoms with Gasteiger partial charge in [0, 0.05) is 22.1 Å². The first-order valence-electron chi connectivity index (χ1n) is 20.0.